The Morgan fingerprint density at radius 2 is 2.35 bits per heavy atom. The smallest absolute Gasteiger partial charge is 0.136 e. The van der Waals surface area contributed by atoms with Gasteiger partial charge in [0, 0.05) is 32.4 Å². The third-order valence-corrected chi connectivity index (χ3v) is 3.87. The number of pyridine rings is 1. The maximum absolute atomic E-state index is 5.81. The molecule has 110 valence electrons. The summed E-state index contributed by atoms with van der Waals surface area (Å²) in [4.78, 5) is 4.86. The maximum Gasteiger partial charge on any atom is 0.136 e. The number of hydrogen-bond donors (Lipinski definition) is 2. The van der Waals surface area contributed by atoms with E-state index in [9.17, 15) is 0 Å². The Kier molecular flexibility index (Phi) is 4.57. The van der Waals surface area contributed by atoms with Crippen molar-refractivity contribution in [1.29, 1.82) is 0 Å². The van der Waals surface area contributed by atoms with E-state index >= 15 is 0 Å². The lowest BCUT2D eigenvalue weighted by atomic mass is 10.0. The fourth-order valence-electron chi connectivity index (χ4n) is 2.48. The number of thiocarbonyl (C=S) groups is 1. The number of aromatic nitrogens is 1. The van der Waals surface area contributed by atoms with E-state index < -0.39 is 0 Å². The first-order valence-electron chi connectivity index (χ1n) is 6.62. The van der Waals surface area contributed by atoms with Gasteiger partial charge in [0.15, 0.2) is 0 Å². The zero-order valence-corrected chi connectivity index (χ0v) is 13.0. The predicted octanol–water partition coefficient (Wildman–Crippen LogP) is 1.55. The van der Waals surface area contributed by atoms with Gasteiger partial charge in [0.2, 0.25) is 0 Å². The first-order chi connectivity index (χ1) is 9.47. The Morgan fingerprint density at radius 1 is 1.60 bits per heavy atom. The Morgan fingerprint density at radius 3 is 2.90 bits per heavy atom. The molecule has 1 fully saturated rings. The SMILES string of the molecule is COC1(CNc2nc(C)cc(C)c2C(N)=S)CCOC1. The van der Waals surface area contributed by atoms with Gasteiger partial charge in [0.1, 0.15) is 16.4 Å². The highest BCUT2D eigenvalue weighted by Crippen LogP contribution is 2.25. The third-order valence-electron chi connectivity index (χ3n) is 3.67. The molecule has 5 nitrogen and oxygen atoms in total. The zero-order chi connectivity index (χ0) is 14.8. The van der Waals surface area contributed by atoms with Crippen LogP contribution in [0.15, 0.2) is 6.07 Å². The normalized spacial score (nSPS) is 21.9. The van der Waals surface area contributed by atoms with Gasteiger partial charge in [-0.05, 0) is 25.5 Å². The molecule has 1 saturated heterocycles. The highest BCUT2D eigenvalue weighted by Gasteiger charge is 2.35. The molecule has 3 N–H and O–H groups in total. The van der Waals surface area contributed by atoms with Crippen LogP contribution in [0.3, 0.4) is 0 Å². The fraction of sp³-hybridized carbons (Fsp3) is 0.571. The number of ether oxygens (including phenoxy) is 2. The molecule has 0 aromatic carbocycles. The van der Waals surface area contributed by atoms with E-state index in [-0.39, 0.29) is 5.60 Å². The fourth-order valence-corrected chi connectivity index (χ4v) is 2.74. The summed E-state index contributed by atoms with van der Waals surface area (Å²) in [7, 11) is 1.71. The largest absolute Gasteiger partial charge is 0.389 e. The van der Waals surface area contributed by atoms with E-state index in [0.29, 0.717) is 18.1 Å². The average molecular weight is 295 g/mol. The lowest BCUT2D eigenvalue weighted by molar-refractivity contribution is -0.00625. The molecule has 0 aliphatic carbocycles. The van der Waals surface area contributed by atoms with Gasteiger partial charge in [0.25, 0.3) is 0 Å². The van der Waals surface area contributed by atoms with Crippen LogP contribution in [-0.4, -0.2) is 42.4 Å². The molecule has 0 saturated carbocycles. The second-order valence-electron chi connectivity index (χ2n) is 5.21. The van der Waals surface area contributed by atoms with Gasteiger partial charge in [-0.2, -0.15) is 0 Å². The van der Waals surface area contributed by atoms with E-state index in [1.165, 1.54) is 0 Å². The monoisotopic (exact) mass is 295 g/mol. The molecule has 1 aromatic rings. The number of aryl methyl sites for hydroxylation is 2. The predicted molar refractivity (Wildman–Crippen MR) is 83.3 cm³/mol. The average Bonchev–Trinajstić information content (AvgIpc) is 2.84. The van der Waals surface area contributed by atoms with Crippen molar-refractivity contribution >= 4 is 23.0 Å². The molecule has 6 heteroatoms. The number of nitrogens with two attached hydrogens (primary N) is 1. The Bertz CT molecular complexity index is 513. The summed E-state index contributed by atoms with van der Waals surface area (Å²) < 4.78 is 11.0. The molecule has 1 aliphatic heterocycles. The topological polar surface area (TPSA) is 69.4 Å². The highest BCUT2D eigenvalue weighted by atomic mass is 32.1. The summed E-state index contributed by atoms with van der Waals surface area (Å²) in [5, 5.41) is 3.33. The van der Waals surface area contributed by atoms with Crippen LogP contribution in [0.2, 0.25) is 0 Å². The van der Waals surface area contributed by atoms with Gasteiger partial charge in [-0.3, -0.25) is 0 Å². The molecule has 1 aromatic heterocycles. The number of methoxy groups -OCH3 is 1. The second kappa shape index (κ2) is 6.03. The van der Waals surface area contributed by atoms with Gasteiger partial charge < -0.3 is 20.5 Å². The van der Waals surface area contributed by atoms with Crippen molar-refractivity contribution < 1.29 is 9.47 Å². The second-order valence-corrected chi connectivity index (χ2v) is 5.65. The number of nitrogens with zero attached hydrogens (tertiary/aromatic N) is 1. The molecule has 1 atom stereocenters. The summed E-state index contributed by atoms with van der Waals surface area (Å²) in [5.74, 6) is 0.721. The number of rotatable bonds is 5. The van der Waals surface area contributed by atoms with Crippen molar-refractivity contribution in [2.75, 3.05) is 32.2 Å². The first kappa shape index (κ1) is 15.2. The van der Waals surface area contributed by atoms with Crippen LogP contribution in [-0.2, 0) is 9.47 Å². The first-order valence-corrected chi connectivity index (χ1v) is 7.03. The van der Waals surface area contributed by atoms with Gasteiger partial charge >= 0.3 is 0 Å². The van der Waals surface area contributed by atoms with Crippen LogP contribution in [0, 0.1) is 13.8 Å². The lowest BCUT2D eigenvalue weighted by Gasteiger charge is -2.27. The minimum Gasteiger partial charge on any atom is -0.389 e. The summed E-state index contributed by atoms with van der Waals surface area (Å²) >= 11 is 5.13. The number of anilines is 1. The van der Waals surface area contributed by atoms with Crippen molar-refractivity contribution in [3.63, 3.8) is 0 Å². The molecule has 0 radical (unpaired) electrons. The minimum atomic E-state index is -0.299. The van der Waals surface area contributed by atoms with E-state index in [0.717, 1.165) is 35.7 Å². The van der Waals surface area contributed by atoms with Crippen LogP contribution in [0.25, 0.3) is 0 Å². The van der Waals surface area contributed by atoms with Gasteiger partial charge in [-0.1, -0.05) is 12.2 Å². The summed E-state index contributed by atoms with van der Waals surface area (Å²) in [5.41, 5.74) is 8.27. The van der Waals surface area contributed by atoms with Crippen molar-refractivity contribution in [2.45, 2.75) is 25.9 Å². The van der Waals surface area contributed by atoms with Crippen LogP contribution in [0.5, 0.6) is 0 Å². The molecule has 0 amide bonds. The zero-order valence-electron chi connectivity index (χ0n) is 12.2. The molecule has 0 bridgehead atoms. The molecule has 2 heterocycles. The van der Waals surface area contributed by atoms with Crippen molar-refractivity contribution in [1.82, 2.24) is 4.98 Å². The minimum absolute atomic E-state index is 0.299. The van der Waals surface area contributed by atoms with Crippen LogP contribution >= 0.6 is 12.2 Å². The molecule has 1 aliphatic rings. The van der Waals surface area contributed by atoms with Gasteiger partial charge in [-0.25, -0.2) is 4.98 Å². The standard InChI is InChI=1S/C14H21N3O2S/c1-9-6-10(2)17-13(11(9)12(15)20)16-7-14(18-3)4-5-19-8-14/h6H,4-5,7-8H2,1-3H3,(H2,15,20)(H,16,17). The van der Waals surface area contributed by atoms with Crippen LogP contribution in [0.1, 0.15) is 23.2 Å². The van der Waals surface area contributed by atoms with E-state index in [1.807, 2.05) is 19.9 Å². The molecule has 0 spiro atoms. The maximum atomic E-state index is 5.81. The van der Waals surface area contributed by atoms with Gasteiger partial charge in [0.05, 0.1) is 12.2 Å². The van der Waals surface area contributed by atoms with Crippen LogP contribution < -0.4 is 11.1 Å². The number of hydrogen-bond acceptors (Lipinski definition) is 5. The lowest BCUT2D eigenvalue weighted by Crippen LogP contribution is -2.40. The molecular formula is C14H21N3O2S. The summed E-state index contributed by atoms with van der Waals surface area (Å²) in [6.07, 6.45) is 0.865. The molecule has 2 rings (SSSR count). The molecule has 1 unspecified atom stereocenters. The van der Waals surface area contributed by atoms with E-state index in [4.69, 9.17) is 27.4 Å². The Hall–Kier alpha value is -1.24. The summed E-state index contributed by atoms with van der Waals surface area (Å²) in [6.45, 7) is 5.86. The molecular weight excluding hydrogens is 274 g/mol. The van der Waals surface area contributed by atoms with Crippen molar-refractivity contribution in [2.24, 2.45) is 5.73 Å². The van der Waals surface area contributed by atoms with E-state index in [2.05, 4.69) is 10.3 Å². The quantitative estimate of drug-likeness (QED) is 0.803. The Labute approximate surface area is 124 Å². The third kappa shape index (κ3) is 3.08. The van der Waals surface area contributed by atoms with Crippen molar-refractivity contribution in [3.8, 4) is 0 Å². The number of nitrogens with one attached hydrogen (secondary N) is 1. The Balaban J connectivity index is 2.22. The molecule has 20 heavy (non-hydrogen) atoms. The van der Waals surface area contributed by atoms with Crippen molar-refractivity contribution in [3.05, 3.63) is 22.9 Å². The van der Waals surface area contributed by atoms with Gasteiger partial charge in [-0.15, -0.1) is 0 Å². The highest BCUT2D eigenvalue weighted by molar-refractivity contribution is 7.80. The van der Waals surface area contributed by atoms with E-state index in [1.54, 1.807) is 7.11 Å². The summed E-state index contributed by atoms with van der Waals surface area (Å²) in [6, 6.07) is 1.98. The van der Waals surface area contributed by atoms with Crippen LogP contribution in [0.4, 0.5) is 5.82 Å².